The number of rotatable bonds is 18. The molecule has 0 aliphatic heterocycles. The molecule has 0 spiro atoms. The maximum atomic E-state index is 12.6. The molecule has 2 unspecified atom stereocenters. The van der Waals surface area contributed by atoms with Gasteiger partial charge in [0.25, 0.3) is 0 Å². The molecule has 0 radical (unpaired) electrons. The Bertz CT molecular complexity index is 712. The molecule has 0 aromatic heterocycles. The third kappa shape index (κ3) is 12.8. The van der Waals surface area contributed by atoms with Crippen LogP contribution in [0.15, 0.2) is 24.3 Å². The number of ether oxygens (including phenoxy) is 1. The minimum Gasteiger partial charge on any atom is -0.488 e. The molecule has 0 saturated carbocycles. The van der Waals surface area contributed by atoms with Crippen LogP contribution in [0.5, 0.6) is 5.75 Å². The topological polar surface area (TPSA) is 164 Å². The van der Waals surface area contributed by atoms with E-state index in [4.69, 9.17) is 20.4 Å². The van der Waals surface area contributed by atoms with Crippen LogP contribution in [0.1, 0.15) is 51.0 Å². The highest BCUT2D eigenvalue weighted by Crippen LogP contribution is 2.17. The Morgan fingerprint density at radius 3 is 2.36 bits per heavy atom. The predicted octanol–water partition coefficient (Wildman–Crippen LogP) is 2.00. The fourth-order valence-electron chi connectivity index (χ4n) is 2.98. The van der Waals surface area contributed by atoms with E-state index in [1.54, 1.807) is 24.3 Å². The monoisotopic (exact) mass is 470 g/mol. The number of benzene rings is 1. The first-order chi connectivity index (χ1) is 15.9. The quantitative estimate of drug-likeness (QED) is 0.123. The summed E-state index contributed by atoms with van der Waals surface area (Å²) in [7, 11) is 0. The fourth-order valence-corrected chi connectivity index (χ4v) is 2.98. The molecule has 1 aromatic rings. The molecule has 11 heteroatoms. The summed E-state index contributed by atoms with van der Waals surface area (Å²) in [6.07, 6.45) is 2.22. The number of carboxylic acid groups (broad SMARTS) is 1. The van der Waals surface area contributed by atoms with E-state index in [0.717, 1.165) is 24.8 Å². The van der Waals surface area contributed by atoms with Gasteiger partial charge in [-0.15, -0.1) is 0 Å². The summed E-state index contributed by atoms with van der Waals surface area (Å²) >= 11 is 0. The lowest BCUT2D eigenvalue weighted by atomic mass is 10.0. The van der Waals surface area contributed by atoms with Crippen LogP contribution in [0.2, 0.25) is 0 Å². The molecule has 0 fully saturated rings. The largest absolute Gasteiger partial charge is 0.488 e. The third-order valence-corrected chi connectivity index (χ3v) is 4.75. The van der Waals surface area contributed by atoms with Crippen LogP contribution in [-0.4, -0.2) is 65.3 Å². The van der Waals surface area contributed by atoms with Gasteiger partial charge >= 0.3 is 5.97 Å². The molecule has 2 atom stereocenters. The fraction of sp³-hybridized carbons (Fsp3) is 0.591. The number of hydrogen-bond donors (Lipinski definition) is 5. The predicted molar refractivity (Wildman–Crippen MR) is 118 cm³/mol. The van der Waals surface area contributed by atoms with Crippen molar-refractivity contribution in [1.82, 2.24) is 10.6 Å². The number of carbonyl (C=O) groups excluding carboxylic acids is 2. The van der Waals surface area contributed by atoms with E-state index in [0.29, 0.717) is 12.3 Å². The molecule has 0 aliphatic carbocycles. The van der Waals surface area contributed by atoms with Crippen LogP contribution in [-0.2, 0) is 30.6 Å². The number of nitrogens with one attached hydrogen (secondary N) is 2. The molecule has 1 rings (SSSR count). The maximum Gasteiger partial charge on any atom is 0.303 e. The minimum absolute atomic E-state index is 0.00271. The van der Waals surface area contributed by atoms with E-state index in [-0.39, 0.29) is 44.8 Å². The van der Waals surface area contributed by atoms with Crippen LogP contribution in [0.25, 0.3) is 0 Å². The van der Waals surface area contributed by atoms with Gasteiger partial charge < -0.3 is 20.5 Å². The SMILES string of the molecule is CCCCCNC(=O)C(Cc1ccc(OC(CCOO)COO)cc1)NC(=O)CCC(=O)O. The van der Waals surface area contributed by atoms with Gasteiger partial charge in [-0.1, -0.05) is 31.9 Å². The average Bonchev–Trinajstić information content (AvgIpc) is 2.79. The summed E-state index contributed by atoms with van der Waals surface area (Å²) in [5.74, 6) is -1.45. The first-order valence-electron chi connectivity index (χ1n) is 11.0. The lowest BCUT2D eigenvalue weighted by Gasteiger charge is -2.20. The number of aliphatic carboxylic acids is 1. The van der Waals surface area contributed by atoms with Gasteiger partial charge in [-0.25, -0.2) is 9.78 Å². The summed E-state index contributed by atoms with van der Waals surface area (Å²) in [4.78, 5) is 43.6. The minimum atomic E-state index is -1.09. The average molecular weight is 471 g/mol. The molecule has 33 heavy (non-hydrogen) atoms. The first-order valence-corrected chi connectivity index (χ1v) is 11.0. The number of hydrogen-bond acceptors (Lipinski definition) is 8. The molecule has 0 bridgehead atoms. The van der Waals surface area contributed by atoms with Crippen LogP contribution in [0.4, 0.5) is 0 Å². The molecule has 186 valence electrons. The Kier molecular flexibility index (Phi) is 14.4. The molecular formula is C22H34N2O9. The van der Waals surface area contributed by atoms with Gasteiger partial charge in [-0.3, -0.25) is 24.9 Å². The number of carbonyl (C=O) groups is 3. The normalized spacial score (nSPS) is 12.6. The second-order valence-corrected chi connectivity index (χ2v) is 7.52. The number of unbranched alkanes of at least 4 members (excludes halogenated alkanes) is 2. The summed E-state index contributed by atoms with van der Waals surface area (Å²) in [5, 5.41) is 31.3. The molecule has 11 nitrogen and oxygen atoms in total. The van der Waals surface area contributed by atoms with Crippen molar-refractivity contribution < 1.29 is 44.5 Å². The van der Waals surface area contributed by atoms with Gasteiger partial charge in [-0.2, -0.15) is 0 Å². The van der Waals surface area contributed by atoms with Gasteiger partial charge in [0.05, 0.1) is 13.0 Å². The van der Waals surface area contributed by atoms with Crippen molar-refractivity contribution in [2.24, 2.45) is 0 Å². The second kappa shape index (κ2) is 16.8. The van der Waals surface area contributed by atoms with E-state index in [9.17, 15) is 14.4 Å². The number of carboxylic acids is 1. The van der Waals surface area contributed by atoms with Gasteiger partial charge in [-0.05, 0) is 24.1 Å². The van der Waals surface area contributed by atoms with Crippen molar-refractivity contribution in [1.29, 1.82) is 0 Å². The maximum absolute atomic E-state index is 12.6. The van der Waals surface area contributed by atoms with Crippen molar-refractivity contribution in [2.45, 2.75) is 64.0 Å². The van der Waals surface area contributed by atoms with Crippen molar-refractivity contribution in [3.05, 3.63) is 29.8 Å². The van der Waals surface area contributed by atoms with Crippen molar-refractivity contribution in [3.8, 4) is 5.75 Å². The Labute approximate surface area is 192 Å². The van der Waals surface area contributed by atoms with Crippen LogP contribution in [0.3, 0.4) is 0 Å². The van der Waals surface area contributed by atoms with E-state index in [1.807, 2.05) is 0 Å². The van der Waals surface area contributed by atoms with Gasteiger partial charge in [0.1, 0.15) is 24.5 Å². The summed E-state index contributed by atoms with van der Waals surface area (Å²) in [6.45, 7) is 2.43. The smallest absolute Gasteiger partial charge is 0.303 e. The third-order valence-electron chi connectivity index (χ3n) is 4.75. The standard InChI is InChI=1S/C22H34N2O9/c1-2-3-4-12-23-22(28)19(24-20(25)9-10-21(26)27)14-16-5-7-17(8-6-16)33-18(15-32-30)11-13-31-29/h5-8,18-19,29-30H,2-4,9-15H2,1H3,(H,23,28)(H,24,25)(H,26,27). The zero-order chi connectivity index (χ0) is 24.5. The van der Waals surface area contributed by atoms with Crippen LogP contribution in [0, 0.1) is 0 Å². The number of amides is 2. The summed E-state index contributed by atoms with van der Waals surface area (Å²) < 4.78 is 5.68. The highest BCUT2D eigenvalue weighted by atomic mass is 17.1. The van der Waals surface area contributed by atoms with Gasteiger partial charge in [0, 0.05) is 25.8 Å². The molecule has 1 aromatic carbocycles. The van der Waals surface area contributed by atoms with Crippen LogP contribution >= 0.6 is 0 Å². The van der Waals surface area contributed by atoms with E-state index in [1.165, 1.54) is 0 Å². The van der Waals surface area contributed by atoms with Crippen LogP contribution < -0.4 is 15.4 Å². The Hall–Kier alpha value is -2.73. The molecule has 0 aliphatic rings. The van der Waals surface area contributed by atoms with Gasteiger partial charge in [0.2, 0.25) is 11.8 Å². The van der Waals surface area contributed by atoms with E-state index >= 15 is 0 Å². The van der Waals surface area contributed by atoms with Crippen molar-refractivity contribution in [2.75, 3.05) is 19.8 Å². The summed E-state index contributed by atoms with van der Waals surface area (Å²) in [5.41, 5.74) is 0.753. The van der Waals surface area contributed by atoms with E-state index in [2.05, 4.69) is 27.3 Å². The Morgan fingerprint density at radius 1 is 1.03 bits per heavy atom. The zero-order valence-corrected chi connectivity index (χ0v) is 18.8. The highest BCUT2D eigenvalue weighted by molar-refractivity contribution is 5.88. The van der Waals surface area contributed by atoms with Crippen molar-refractivity contribution in [3.63, 3.8) is 0 Å². The lowest BCUT2D eigenvalue weighted by molar-refractivity contribution is -0.265. The Balaban J connectivity index is 2.77. The zero-order valence-electron chi connectivity index (χ0n) is 18.8. The van der Waals surface area contributed by atoms with Gasteiger partial charge in [0.15, 0.2) is 0 Å². The second-order valence-electron chi connectivity index (χ2n) is 7.52. The molecular weight excluding hydrogens is 436 g/mol. The molecule has 0 saturated heterocycles. The van der Waals surface area contributed by atoms with Crippen molar-refractivity contribution >= 4 is 17.8 Å². The van der Waals surface area contributed by atoms with E-state index < -0.39 is 24.0 Å². The molecule has 2 amide bonds. The highest BCUT2D eigenvalue weighted by Gasteiger charge is 2.21. The molecule has 5 N–H and O–H groups in total. The Morgan fingerprint density at radius 2 is 1.76 bits per heavy atom. The molecule has 0 heterocycles. The summed E-state index contributed by atoms with van der Waals surface area (Å²) in [6, 6.07) is 5.95. The lowest BCUT2D eigenvalue weighted by Crippen LogP contribution is -2.48. The first kappa shape index (κ1) is 28.3.